The molecule has 0 saturated heterocycles. The summed E-state index contributed by atoms with van der Waals surface area (Å²) in [6.07, 6.45) is 8.24. The first kappa shape index (κ1) is 19.8. The molecular weight excluding hydrogens is 248 g/mol. The maximum absolute atomic E-state index is 6.01. The van der Waals surface area contributed by atoms with Gasteiger partial charge in [-0.25, -0.2) is 0 Å². The molecule has 1 fully saturated rings. The van der Waals surface area contributed by atoms with E-state index in [1.807, 2.05) is 0 Å². The third kappa shape index (κ3) is 8.90. The zero-order chi connectivity index (χ0) is 15.6. The van der Waals surface area contributed by atoms with Gasteiger partial charge in [0.05, 0.1) is 0 Å². The van der Waals surface area contributed by atoms with Crippen molar-refractivity contribution in [1.29, 1.82) is 0 Å². The molecule has 0 heterocycles. The van der Waals surface area contributed by atoms with Crippen molar-refractivity contribution in [2.24, 2.45) is 33.8 Å². The van der Waals surface area contributed by atoms with Crippen LogP contribution in [0.3, 0.4) is 0 Å². The minimum absolute atomic E-state index is 0.279. The highest BCUT2D eigenvalue weighted by Crippen LogP contribution is 2.44. The quantitative estimate of drug-likeness (QED) is 0.560. The largest absolute Gasteiger partial charge is 0.330 e. The lowest BCUT2D eigenvalue weighted by Crippen LogP contribution is -2.45. The fraction of sp³-hybridized carbons (Fsp3) is 1.00. The van der Waals surface area contributed by atoms with E-state index in [-0.39, 0.29) is 5.41 Å². The molecule has 122 valence electrons. The Labute approximate surface area is 126 Å². The van der Waals surface area contributed by atoms with Crippen LogP contribution in [0.5, 0.6) is 0 Å². The van der Waals surface area contributed by atoms with Crippen LogP contribution in [-0.2, 0) is 0 Å². The fourth-order valence-corrected chi connectivity index (χ4v) is 3.51. The Morgan fingerprint density at radius 3 is 1.70 bits per heavy atom. The Bertz CT molecular complexity index is 237. The Morgan fingerprint density at radius 2 is 1.35 bits per heavy atom. The topological polar surface area (TPSA) is 104 Å². The lowest BCUT2D eigenvalue weighted by atomic mass is 9.63. The molecule has 0 aromatic rings. The molecule has 0 spiro atoms. The van der Waals surface area contributed by atoms with Crippen LogP contribution in [0, 0.1) is 10.8 Å². The van der Waals surface area contributed by atoms with Crippen LogP contribution >= 0.6 is 0 Å². The summed E-state index contributed by atoms with van der Waals surface area (Å²) >= 11 is 0. The molecule has 4 heteroatoms. The Hall–Kier alpha value is -0.160. The van der Waals surface area contributed by atoms with Crippen molar-refractivity contribution in [3.05, 3.63) is 0 Å². The van der Waals surface area contributed by atoms with E-state index in [0.29, 0.717) is 11.5 Å². The summed E-state index contributed by atoms with van der Waals surface area (Å²) in [5.41, 5.74) is 23.0. The number of nitrogens with two attached hydrogens (primary N) is 4. The summed E-state index contributed by atoms with van der Waals surface area (Å²) < 4.78 is 0. The van der Waals surface area contributed by atoms with Gasteiger partial charge in [0.1, 0.15) is 0 Å². The van der Waals surface area contributed by atoms with Gasteiger partial charge in [-0.2, -0.15) is 0 Å². The van der Waals surface area contributed by atoms with Crippen LogP contribution in [0.2, 0.25) is 0 Å². The summed E-state index contributed by atoms with van der Waals surface area (Å²) in [4.78, 5) is 0. The smallest absolute Gasteiger partial charge is 0.00495 e. The molecule has 8 N–H and O–H groups in total. The third-order valence-electron chi connectivity index (χ3n) is 4.13. The zero-order valence-corrected chi connectivity index (χ0v) is 14.0. The van der Waals surface area contributed by atoms with Gasteiger partial charge < -0.3 is 22.9 Å². The second kappa shape index (κ2) is 9.72. The van der Waals surface area contributed by atoms with Crippen LogP contribution < -0.4 is 22.9 Å². The van der Waals surface area contributed by atoms with Crippen molar-refractivity contribution in [2.75, 3.05) is 19.6 Å². The van der Waals surface area contributed by atoms with E-state index in [4.69, 9.17) is 22.9 Å². The second-order valence-corrected chi connectivity index (χ2v) is 7.52. The molecule has 1 aliphatic rings. The van der Waals surface area contributed by atoms with Gasteiger partial charge in [0.25, 0.3) is 0 Å². The summed E-state index contributed by atoms with van der Waals surface area (Å²) in [6, 6.07) is 0.349. The minimum atomic E-state index is 0.279. The molecule has 4 nitrogen and oxygen atoms in total. The van der Waals surface area contributed by atoms with Crippen LogP contribution in [0.4, 0.5) is 0 Å². The fourth-order valence-electron chi connectivity index (χ4n) is 3.51. The SMILES string of the molecule is CC1(C)CC(N)CC(C)(CN)C1.NCCCCCCN. The summed E-state index contributed by atoms with van der Waals surface area (Å²) in [7, 11) is 0. The molecule has 0 aromatic carbocycles. The predicted molar refractivity (Wildman–Crippen MR) is 89.3 cm³/mol. The van der Waals surface area contributed by atoms with Crippen LogP contribution in [0.15, 0.2) is 0 Å². The van der Waals surface area contributed by atoms with Gasteiger partial charge in [0.2, 0.25) is 0 Å². The number of unbranched alkanes of at least 4 members (excludes halogenated alkanes) is 3. The molecule has 20 heavy (non-hydrogen) atoms. The van der Waals surface area contributed by atoms with Crippen molar-refractivity contribution < 1.29 is 0 Å². The van der Waals surface area contributed by atoms with E-state index in [0.717, 1.165) is 45.3 Å². The van der Waals surface area contributed by atoms with E-state index in [1.165, 1.54) is 19.3 Å². The number of hydrogen-bond acceptors (Lipinski definition) is 4. The number of hydrogen-bond donors (Lipinski definition) is 4. The van der Waals surface area contributed by atoms with Gasteiger partial charge in [-0.1, -0.05) is 33.6 Å². The van der Waals surface area contributed by atoms with Crippen molar-refractivity contribution in [3.63, 3.8) is 0 Å². The van der Waals surface area contributed by atoms with Gasteiger partial charge in [-0.15, -0.1) is 0 Å². The van der Waals surface area contributed by atoms with Gasteiger partial charge in [0.15, 0.2) is 0 Å². The molecule has 0 aliphatic heterocycles. The standard InChI is InChI=1S/C10H22N2.C6H16N2/c1-9(2)4-8(12)5-10(3,6-9)7-11;7-5-3-1-2-4-6-8/h8H,4-7,11-12H2,1-3H3;1-8H2. The first-order chi connectivity index (χ1) is 9.28. The second-order valence-electron chi connectivity index (χ2n) is 7.52. The average Bonchev–Trinajstić information content (AvgIpc) is 2.33. The van der Waals surface area contributed by atoms with Gasteiger partial charge in [0, 0.05) is 6.04 Å². The molecule has 1 rings (SSSR count). The summed E-state index contributed by atoms with van der Waals surface area (Å²) in [5.74, 6) is 0. The van der Waals surface area contributed by atoms with E-state index >= 15 is 0 Å². The van der Waals surface area contributed by atoms with Crippen molar-refractivity contribution >= 4 is 0 Å². The zero-order valence-electron chi connectivity index (χ0n) is 14.0. The third-order valence-corrected chi connectivity index (χ3v) is 4.13. The van der Waals surface area contributed by atoms with Crippen molar-refractivity contribution in [1.82, 2.24) is 0 Å². The molecule has 1 aliphatic carbocycles. The Kier molecular flexibility index (Phi) is 9.64. The number of rotatable bonds is 6. The normalized spacial score (nSPS) is 28.6. The monoisotopic (exact) mass is 286 g/mol. The lowest BCUT2D eigenvalue weighted by Gasteiger charge is -2.45. The van der Waals surface area contributed by atoms with E-state index in [1.54, 1.807) is 0 Å². The first-order valence-corrected chi connectivity index (χ1v) is 8.14. The maximum atomic E-state index is 6.01. The molecule has 0 aromatic heterocycles. The summed E-state index contributed by atoms with van der Waals surface area (Å²) in [5, 5.41) is 0. The predicted octanol–water partition coefficient (Wildman–Crippen LogP) is 1.95. The molecular formula is C16H38N4. The van der Waals surface area contributed by atoms with Crippen molar-refractivity contribution in [3.8, 4) is 0 Å². The summed E-state index contributed by atoms with van der Waals surface area (Å²) in [6.45, 7) is 9.26. The average molecular weight is 287 g/mol. The van der Waals surface area contributed by atoms with Crippen LogP contribution in [0.1, 0.15) is 65.7 Å². The minimum Gasteiger partial charge on any atom is -0.330 e. The van der Waals surface area contributed by atoms with E-state index < -0.39 is 0 Å². The highest BCUT2D eigenvalue weighted by molar-refractivity contribution is 4.93. The van der Waals surface area contributed by atoms with Gasteiger partial charge in [-0.3, -0.25) is 0 Å². The van der Waals surface area contributed by atoms with E-state index in [2.05, 4.69) is 20.8 Å². The molecule has 0 radical (unpaired) electrons. The molecule has 0 amide bonds. The molecule has 2 atom stereocenters. The van der Waals surface area contributed by atoms with Gasteiger partial charge in [-0.05, 0) is 62.6 Å². The maximum Gasteiger partial charge on any atom is 0.00495 e. The lowest BCUT2D eigenvalue weighted by molar-refractivity contribution is 0.0904. The Morgan fingerprint density at radius 1 is 0.850 bits per heavy atom. The van der Waals surface area contributed by atoms with Crippen molar-refractivity contribution in [2.45, 2.75) is 71.8 Å². The van der Waals surface area contributed by atoms with Gasteiger partial charge >= 0.3 is 0 Å². The van der Waals surface area contributed by atoms with Crippen LogP contribution in [-0.4, -0.2) is 25.7 Å². The Balaban J connectivity index is 0.000000396. The first-order valence-electron chi connectivity index (χ1n) is 8.14. The highest BCUT2D eigenvalue weighted by atomic mass is 14.7. The molecule has 2 unspecified atom stereocenters. The van der Waals surface area contributed by atoms with E-state index in [9.17, 15) is 0 Å². The highest BCUT2D eigenvalue weighted by Gasteiger charge is 2.38. The molecule has 0 bridgehead atoms. The van der Waals surface area contributed by atoms with Crippen LogP contribution in [0.25, 0.3) is 0 Å². The molecule has 1 saturated carbocycles.